The lowest BCUT2D eigenvalue weighted by Gasteiger charge is -2.19. The molecule has 0 nitrogen and oxygen atoms in total. The Morgan fingerprint density at radius 2 is 0.816 bits per heavy atom. The topological polar surface area (TPSA) is 0 Å². The van der Waals surface area contributed by atoms with Crippen molar-refractivity contribution >= 4 is 53.9 Å². The van der Waals surface area contributed by atoms with Gasteiger partial charge in [0.15, 0.2) is 0 Å². The molecule has 0 saturated carbocycles. The first kappa shape index (κ1) is 21.3. The highest BCUT2D eigenvalue weighted by Crippen LogP contribution is 2.45. The number of aryl methyl sites for hydroxylation is 1. The molecule has 178 valence electrons. The quantitative estimate of drug-likeness (QED) is 0.168. The average molecular weight is 487 g/mol. The molecule has 0 heterocycles. The number of halogens is 1. The first-order valence-corrected chi connectivity index (χ1v) is 13.0. The second-order valence-corrected chi connectivity index (χ2v) is 10.4. The molecule has 0 aliphatic heterocycles. The van der Waals surface area contributed by atoms with E-state index in [2.05, 4.69) is 104 Å². The van der Waals surface area contributed by atoms with E-state index in [0.29, 0.717) is 0 Å². The molecule has 0 spiro atoms. The fraction of sp³-hybridized carbons (Fsp3) is 0.0270. The highest BCUT2D eigenvalue weighted by Gasteiger charge is 2.18. The Morgan fingerprint density at radius 1 is 0.421 bits per heavy atom. The van der Waals surface area contributed by atoms with Crippen LogP contribution in [0.1, 0.15) is 5.56 Å². The third-order valence-corrected chi connectivity index (χ3v) is 8.03. The lowest BCUT2D eigenvalue weighted by Crippen LogP contribution is -1.92. The van der Waals surface area contributed by atoms with Crippen LogP contribution >= 0.6 is 0 Å². The fourth-order valence-electron chi connectivity index (χ4n) is 6.50. The van der Waals surface area contributed by atoms with Gasteiger partial charge in [-0.1, -0.05) is 97.1 Å². The fourth-order valence-corrected chi connectivity index (χ4v) is 6.50. The van der Waals surface area contributed by atoms with Gasteiger partial charge in [0.05, 0.1) is 0 Å². The monoisotopic (exact) mass is 486 g/mol. The van der Waals surface area contributed by atoms with E-state index >= 15 is 0 Å². The molecular weight excluding hydrogens is 463 g/mol. The average Bonchev–Trinajstić information content (AvgIpc) is 2.94. The van der Waals surface area contributed by atoms with Crippen LogP contribution in [-0.2, 0) is 0 Å². The molecule has 0 unspecified atom stereocenters. The van der Waals surface area contributed by atoms with Crippen molar-refractivity contribution in [2.45, 2.75) is 6.92 Å². The largest absolute Gasteiger partial charge is 0.207 e. The molecule has 0 aliphatic carbocycles. The normalized spacial score (nSPS) is 11.9. The third kappa shape index (κ3) is 3.02. The van der Waals surface area contributed by atoms with Gasteiger partial charge in [0, 0.05) is 0 Å². The van der Waals surface area contributed by atoms with E-state index in [-0.39, 0.29) is 5.82 Å². The second kappa shape index (κ2) is 7.87. The molecule has 8 aromatic carbocycles. The molecule has 8 aromatic rings. The molecule has 0 radical (unpaired) electrons. The second-order valence-electron chi connectivity index (χ2n) is 10.4. The standard InChI is InChI=1S/C37H23F/c1-22-18-24-10-12-26-20-28(21-27-13-11-25(19-22)34(24)35(26)27)37-32-8-4-2-6-30(32)36(23-14-16-29(38)17-15-23)31-7-3-5-9-33(31)37/h2-21H,1H3. The van der Waals surface area contributed by atoms with E-state index in [1.165, 1.54) is 70.6 Å². The molecular formula is C37H23F. The third-order valence-electron chi connectivity index (χ3n) is 8.03. The van der Waals surface area contributed by atoms with Gasteiger partial charge in [0.25, 0.3) is 0 Å². The molecule has 0 atom stereocenters. The maximum absolute atomic E-state index is 13.8. The van der Waals surface area contributed by atoms with E-state index < -0.39 is 0 Å². The van der Waals surface area contributed by atoms with Crippen LogP contribution in [-0.4, -0.2) is 0 Å². The van der Waals surface area contributed by atoms with E-state index in [1.54, 1.807) is 12.1 Å². The van der Waals surface area contributed by atoms with Crippen molar-refractivity contribution in [2.24, 2.45) is 0 Å². The van der Waals surface area contributed by atoms with Crippen molar-refractivity contribution in [3.8, 4) is 22.3 Å². The van der Waals surface area contributed by atoms with Crippen LogP contribution in [0.3, 0.4) is 0 Å². The van der Waals surface area contributed by atoms with Gasteiger partial charge in [-0.05, 0) is 113 Å². The maximum Gasteiger partial charge on any atom is 0.123 e. The summed E-state index contributed by atoms with van der Waals surface area (Å²) in [6, 6.07) is 42.4. The van der Waals surface area contributed by atoms with Crippen LogP contribution in [0.25, 0.3) is 76.1 Å². The SMILES string of the molecule is Cc1cc2ccc3cc(-c4c5ccccc5c(-c5ccc(F)cc5)c5ccccc45)cc4ccc(c1)c2c34. The van der Waals surface area contributed by atoms with Crippen molar-refractivity contribution in [3.05, 3.63) is 133 Å². The molecule has 0 amide bonds. The first-order valence-electron chi connectivity index (χ1n) is 13.0. The zero-order valence-corrected chi connectivity index (χ0v) is 20.9. The molecule has 0 saturated heterocycles. The Morgan fingerprint density at radius 3 is 1.26 bits per heavy atom. The highest BCUT2D eigenvalue weighted by molar-refractivity contribution is 6.26. The minimum atomic E-state index is -0.219. The van der Waals surface area contributed by atoms with Gasteiger partial charge >= 0.3 is 0 Å². The summed E-state index contributed by atoms with van der Waals surface area (Å²) in [5.41, 5.74) is 5.91. The minimum absolute atomic E-state index is 0.219. The zero-order valence-electron chi connectivity index (χ0n) is 20.9. The lowest BCUT2D eigenvalue weighted by atomic mass is 9.84. The van der Waals surface area contributed by atoms with Gasteiger partial charge in [-0.25, -0.2) is 4.39 Å². The summed E-state index contributed by atoms with van der Waals surface area (Å²) in [7, 11) is 0. The number of hydrogen-bond acceptors (Lipinski definition) is 0. The van der Waals surface area contributed by atoms with Crippen LogP contribution < -0.4 is 0 Å². The minimum Gasteiger partial charge on any atom is -0.207 e. The number of hydrogen-bond donors (Lipinski definition) is 0. The Labute approximate surface area is 219 Å². The lowest BCUT2D eigenvalue weighted by molar-refractivity contribution is 0.628. The molecule has 8 rings (SSSR count). The number of fused-ring (bicyclic) bond motifs is 2. The molecule has 0 N–H and O–H groups in total. The van der Waals surface area contributed by atoms with Gasteiger partial charge < -0.3 is 0 Å². The molecule has 0 aromatic heterocycles. The summed E-state index contributed by atoms with van der Waals surface area (Å²) in [4.78, 5) is 0. The van der Waals surface area contributed by atoms with Crippen LogP contribution in [0.15, 0.2) is 121 Å². The summed E-state index contributed by atoms with van der Waals surface area (Å²) in [6.07, 6.45) is 0. The molecule has 0 aliphatic rings. The van der Waals surface area contributed by atoms with Crippen LogP contribution in [0.4, 0.5) is 4.39 Å². The van der Waals surface area contributed by atoms with Crippen molar-refractivity contribution in [2.75, 3.05) is 0 Å². The van der Waals surface area contributed by atoms with Crippen molar-refractivity contribution in [1.29, 1.82) is 0 Å². The predicted molar refractivity (Wildman–Crippen MR) is 161 cm³/mol. The Kier molecular flexibility index (Phi) is 4.42. The summed E-state index contributed by atoms with van der Waals surface area (Å²) in [5.74, 6) is -0.219. The highest BCUT2D eigenvalue weighted by atomic mass is 19.1. The molecule has 38 heavy (non-hydrogen) atoms. The molecule has 0 fully saturated rings. The van der Waals surface area contributed by atoms with Crippen molar-refractivity contribution < 1.29 is 4.39 Å². The maximum atomic E-state index is 13.8. The van der Waals surface area contributed by atoms with E-state index in [0.717, 1.165) is 11.1 Å². The van der Waals surface area contributed by atoms with Crippen LogP contribution in [0, 0.1) is 12.7 Å². The zero-order chi connectivity index (χ0) is 25.4. The summed E-state index contributed by atoms with van der Waals surface area (Å²) in [6.45, 7) is 2.17. The molecule has 0 bridgehead atoms. The van der Waals surface area contributed by atoms with Gasteiger partial charge in [0.1, 0.15) is 5.82 Å². The Hall–Kier alpha value is -4.75. The summed E-state index contributed by atoms with van der Waals surface area (Å²) >= 11 is 0. The molecule has 1 heteroatoms. The van der Waals surface area contributed by atoms with Crippen LogP contribution in [0.2, 0.25) is 0 Å². The number of benzene rings is 8. The van der Waals surface area contributed by atoms with Gasteiger partial charge in [0.2, 0.25) is 0 Å². The smallest absolute Gasteiger partial charge is 0.123 e. The van der Waals surface area contributed by atoms with E-state index in [4.69, 9.17) is 0 Å². The van der Waals surface area contributed by atoms with Gasteiger partial charge in [-0.3, -0.25) is 0 Å². The van der Waals surface area contributed by atoms with E-state index in [9.17, 15) is 4.39 Å². The Balaban J connectivity index is 1.50. The van der Waals surface area contributed by atoms with Crippen LogP contribution in [0.5, 0.6) is 0 Å². The number of rotatable bonds is 2. The first-order chi connectivity index (χ1) is 18.7. The van der Waals surface area contributed by atoms with E-state index in [1.807, 2.05) is 12.1 Å². The summed E-state index contributed by atoms with van der Waals surface area (Å²) < 4.78 is 13.8. The predicted octanol–water partition coefficient (Wildman–Crippen LogP) is 10.7. The summed E-state index contributed by atoms with van der Waals surface area (Å²) in [5, 5.41) is 12.5. The van der Waals surface area contributed by atoms with Crippen molar-refractivity contribution in [3.63, 3.8) is 0 Å². The Bertz CT molecular complexity index is 2060. The van der Waals surface area contributed by atoms with Crippen molar-refractivity contribution in [1.82, 2.24) is 0 Å². The van der Waals surface area contributed by atoms with Gasteiger partial charge in [-0.15, -0.1) is 0 Å². The van der Waals surface area contributed by atoms with Gasteiger partial charge in [-0.2, -0.15) is 0 Å².